The SMILES string of the molecule is COc1ccc(NC(=O)[C@H]2CCCN(c3nccnc3Sc3ccc(C)cc3)C2)cc1OC. The number of anilines is 2. The number of rotatable bonds is 7. The third-order valence-corrected chi connectivity index (χ3v) is 6.61. The van der Waals surface area contributed by atoms with E-state index in [4.69, 9.17) is 9.47 Å². The number of piperidine rings is 1. The number of aromatic nitrogens is 2. The fraction of sp³-hybridized carbons (Fsp3) is 0.320. The molecule has 1 fully saturated rings. The Hall–Kier alpha value is -3.26. The van der Waals surface area contributed by atoms with Gasteiger partial charge >= 0.3 is 0 Å². The van der Waals surface area contributed by atoms with E-state index < -0.39 is 0 Å². The Morgan fingerprint density at radius 3 is 2.58 bits per heavy atom. The van der Waals surface area contributed by atoms with E-state index in [1.165, 1.54) is 5.56 Å². The van der Waals surface area contributed by atoms with Gasteiger partial charge < -0.3 is 19.7 Å². The number of methoxy groups -OCH3 is 2. The van der Waals surface area contributed by atoms with E-state index in [2.05, 4.69) is 51.4 Å². The molecular formula is C25H28N4O3S. The molecule has 2 aromatic carbocycles. The number of amides is 1. The smallest absolute Gasteiger partial charge is 0.229 e. The van der Waals surface area contributed by atoms with Gasteiger partial charge in [-0.2, -0.15) is 0 Å². The number of nitrogens with zero attached hydrogens (tertiary/aromatic N) is 3. The van der Waals surface area contributed by atoms with Crippen molar-refractivity contribution in [2.45, 2.75) is 29.7 Å². The van der Waals surface area contributed by atoms with Crippen LogP contribution >= 0.6 is 11.8 Å². The Kier molecular flexibility index (Phi) is 7.34. The first-order valence-electron chi connectivity index (χ1n) is 10.9. The van der Waals surface area contributed by atoms with Crippen molar-refractivity contribution in [3.8, 4) is 11.5 Å². The molecule has 0 saturated carbocycles. The van der Waals surface area contributed by atoms with Crippen molar-refractivity contribution in [3.05, 3.63) is 60.4 Å². The average Bonchev–Trinajstić information content (AvgIpc) is 2.85. The lowest BCUT2D eigenvalue weighted by Crippen LogP contribution is -2.41. The fourth-order valence-corrected chi connectivity index (χ4v) is 4.75. The lowest BCUT2D eigenvalue weighted by Gasteiger charge is -2.33. The lowest BCUT2D eigenvalue weighted by molar-refractivity contribution is -0.120. The van der Waals surface area contributed by atoms with Crippen LogP contribution in [0.4, 0.5) is 11.5 Å². The van der Waals surface area contributed by atoms with Gasteiger partial charge in [0.25, 0.3) is 0 Å². The second kappa shape index (κ2) is 10.6. The van der Waals surface area contributed by atoms with Crippen molar-refractivity contribution >= 4 is 29.2 Å². The molecule has 1 aromatic heterocycles. The van der Waals surface area contributed by atoms with E-state index in [9.17, 15) is 4.79 Å². The summed E-state index contributed by atoms with van der Waals surface area (Å²) in [5.41, 5.74) is 1.91. The minimum absolute atomic E-state index is 0.0106. The zero-order valence-electron chi connectivity index (χ0n) is 19.1. The zero-order valence-corrected chi connectivity index (χ0v) is 19.9. The van der Waals surface area contributed by atoms with Crippen LogP contribution in [0.25, 0.3) is 0 Å². The van der Waals surface area contributed by atoms with Gasteiger partial charge in [-0.15, -0.1) is 0 Å². The molecule has 0 unspecified atom stereocenters. The Balaban J connectivity index is 1.46. The van der Waals surface area contributed by atoms with Gasteiger partial charge in [0.1, 0.15) is 5.03 Å². The molecule has 1 saturated heterocycles. The Morgan fingerprint density at radius 2 is 1.82 bits per heavy atom. The minimum Gasteiger partial charge on any atom is -0.493 e. The van der Waals surface area contributed by atoms with E-state index in [1.54, 1.807) is 50.5 Å². The highest BCUT2D eigenvalue weighted by Crippen LogP contribution is 2.35. The number of benzene rings is 2. The number of carbonyl (C=O) groups excluding carboxylic acids is 1. The number of aryl methyl sites for hydroxylation is 1. The molecule has 1 atom stereocenters. The summed E-state index contributed by atoms with van der Waals surface area (Å²) in [6.07, 6.45) is 5.17. The van der Waals surface area contributed by atoms with Crippen molar-refractivity contribution in [1.29, 1.82) is 0 Å². The van der Waals surface area contributed by atoms with Gasteiger partial charge in [0, 0.05) is 42.1 Å². The predicted octanol–water partition coefficient (Wildman–Crippen LogP) is 4.81. The molecule has 7 nitrogen and oxygen atoms in total. The standard InChI is InChI=1S/C25H28N4O3S/c1-17-6-9-20(10-7-17)33-25-23(26-12-13-27-25)29-14-4-5-18(16-29)24(30)28-19-8-11-21(31-2)22(15-19)32-3/h6-13,15,18H,4-5,14,16H2,1-3H3,(H,28,30)/t18-/m0/s1. The molecule has 0 radical (unpaired) electrons. The molecule has 0 aliphatic carbocycles. The van der Waals surface area contributed by atoms with Gasteiger partial charge in [-0.05, 0) is 44.0 Å². The summed E-state index contributed by atoms with van der Waals surface area (Å²) in [5, 5.41) is 3.88. The van der Waals surface area contributed by atoms with E-state index in [0.717, 1.165) is 35.1 Å². The molecule has 172 valence electrons. The third-order valence-electron chi connectivity index (χ3n) is 5.62. The van der Waals surface area contributed by atoms with Crippen molar-refractivity contribution in [2.24, 2.45) is 5.92 Å². The van der Waals surface area contributed by atoms with Crippen molar-refractivity contribution in [3.63, 3.8) is 0 Å². The Morgan fingerprint density at radius 1 is 1.06 bits per heavy atom. The molecule has 0 spiro atoms. The largest absolute Gasteiger partial charge is 0.493 e. The molecular weight excluding hydrogens is 436 g/mol. The zero-order chi connectivity index (χ0) is 23.2. The number of hydrogen-bond acceptors (Lipinski definition) is 7. The minimum atomic E-state index is -0.147. The number of ether oxygens (including phenoxy) is 2. The first-order chi connectivity index (χ1) is 16.1. The quantitative estimate of drug-likeness (QED) is 0.538. The molecule has 1 N–H and O–H groups in total. The van der Waals surface area contributed by atoms with Crippen molar-refractivity contribution in [2.75, 3.05) is 37.5 Å². The van der Waals surface area contributed by atoms with E-state index in [1.807, 2.05) is 6.07 Å². The maximum absolute atomic E-state index is 13.1. The molecule has 33 heavy (non-hydrogen) atoms. The fourth-order valence-electron chi connectivity index (χ4n) is 3.87. The summed E-state index contributed by atoms with van der Waals surface area (Å²) in [4.78, 5) is 25.5. The topological polar surface area (TPSA) is 76.6 Å². The summed E-state index contributed by atoms with van der Waals surface area (Å²) in [7, 11) is 3.17. The Labute approximate surface area is 198 Å². The van der Waals surface area contributed by atoms with Gasteiger partial charge in [-0.25, -0.2) is 9.97 Å². The van der Waals surface area contributed by atoms with E-state index in [0.29, 0.717) is 23.7 Å². The van der Waals surface area contributed by atoms with Crippen molar-refractivity contribution < 1.29 is 14.3 Å². The van der Waals surface area contributed by atoms with E-state index in [-0.39, 0.29) is 11.8 Å². The van der Waals surface area contributed by atoms with Crippen LogP contribution in [-0.4, -0.2) is 43.2 Å². The third kappa shape index (κ3) is 5.57. The maximum atomic E-state index is 13.1. The first kappa shape index (κ1) is 22.9. The number of carbonyl (C=O) groups is 1. The first-order valence-corrected chi connectivity index (χ1v) is 11.7. The van der Waals surface area contributed by atoms with Gasteiger partial charge in [0.05, 0.1) is 20.1 Å². The van der Waals surface area contributed by atoms with Crippen LogP contribution in [0.1, 0.15) is 18.4 Å². The highest BCUT2D eigenvalue weighted by atomic mass is 32.2. The van der Waals surface area contributed by atoms with Gasteiger partial charge in [-0.3, -0.25) is 4.79 Å². The second-order valence-corrected chi connectivity index (χ2v) is 9.01. The summed E-state index contributed by atoms with van der Waals surface area (Å²) in [5.74, 6) is 1.87. The molecule has 1 aliphatic rings. The van der Waals surface area contributed by atoms with Crippen LogP contribution in [0.5, 0.6) is 11.5 Å². The lowest BCUT2D eigenvalue weighted by atomic mass is 9.97. The number of hydrogen-bond donors (Lipinski definition) is 1. The molecule has 3 aromatic rings. The molecule has 2 heterocycles. The predicted molar refractivity (Wildman–Crippen MR) is 130 cm³/mol. The normalized spacial score (nSPS) is 15.7. The molecule has 1 aliphatic heterocycles. The van der Waals surface area contributed by atoms with Crippen LogP contribution in [0.3, 0.4) is 0 Å². The summed E-state index contributed by atoms with van der Waals surface area (Å²) >= 11 is 1.59. The monoisotopic (exact) mass is 464 g/mol. The summed E-state index contributed by atoms with van der Waals surface area (Å²) in [6, 6.07) is 13.7. The van der Waals surface area contributed by atoms with Gasteiger partial charge in [0.15, 0.2) is 17.3 Å². The van der Waals surface area contributed by atoms with Gasteiger partial charge in [0.2, 0.25) is 5.91 Å². The molecule has 4 rings (SSSR count). The summed E-state index contributed by atoms with van der Waals surface area (Å²) < 4.78 is 10.6. The number of nitrogens with one attached hydrogen (secondary N) is 1. The second-order valence-electron chi connectivity index (χ2n) is 7.94. The highest BCUT2D eigenvalue weighted by Gasteiger charge is 2.28. The van der Waals surface area contributed by atoms with Crippen LogP contribution < -0.4 is 19.7 Å². The Bertz CT molecular complexity index is 1110. The molecule has 0 bridgehead atoms. The molecule has 8 heteroatoms. The highest BCUT2D eigenvalue weighted by molar-refractivity contribution is 7.99. The van der Waals surface area contributed by atoms with Crippen molar-refractivity contribution in [1.82, 2.24) is 9.97 Å². The van der Waals surface area contributed by atoms with E-state index >= 15 is 0 Å². The van der Waals surface area contributed by atoms with Crippen LogP contribution in [-0.2, 0) is 4.79 Å². The van der Waals surface area contributed by atoms with Crippen LogP contribution in [0, 0.1) is 12.8 Å². The molecule has 1 amide bonds. The van der Waals surface area contributed by atoms with Gasteiger partial charge in [-0.1, -0.05) is 29.5 Å². The van der Waals surface area contributed by atoms with Crippen LogP contribution in [0.15, 0.2) is 64.8 Å². The average molecular weight is 465 g/mol. The maximum Gasteiger partial charge on any atom is 0.229 e. The van der Waals surface area contributed by atoms with Crippen LogP contribution in [0.2, 0.25) is 0 Å². The summed E-state index contributed by atoms with van der Waals surface area (Å²) in [6.45, 7) is 3.52.